The van der Waals surface area contributed by atoms with E-state index in [9.17, 15) is 0 Å². The molecule has 6 rings (SSSR count). The largest absolute Gasteiger partial charge is 0.381 e. The van der Waals surface area contributed by atoms with E-state index in [1.165, 1.54) is 61.8 Å². The second kappa shape index (κ2) is 10.4. The lowest BCUT2D eigenvalue weighted by molar-refractivity contribution is -0.0496. The van der Waals surface area contributed by atoms with Crippen molar-refractivity contribution in [2.24, 2.45) is 52.8 Å². The van der Waals surface area contributed by atoms with Crippen molar-refractivity contribution in [3.8, 4) is 0 Å². The molecular weight excluding hydrogens is 470 g/mol. The molecule has 0 amide bonds. The first-order valence-corrected chi connectivity index (χ1v) is 16.2. The van der Waals surface area contributed by atoms with Crippen molar-refractivity contribution in [2.45, 2.75) is 85.0 Å². The van der Waals surface area contributed by atoms with Gasteiger partial charge in [-0.15, -0.1) is 0 Å². The van der Waals surface area contributed by atoms with Crippen LogP contribution in [0.5, 0.6) is 0 Å². The third-order valence-corrected chi connectivity index (χ3v) is 12.5. The number of allylic oxidation sites excluding steroid dienone is 6. The molecule has 39 heavy (non-hydrogen) atoms. The van der Waals surface area contributed by atoms with E-state index in [0.717, 1.165) is 54.8 Å². The lowest BCUT2D eigenvalue weighted by atomic mass is 9.46. The molecule has 5 aliphatic carbocycles. The van der Waals surface area contributed by atoms with Crippen molar-refractivity contribution in [3.63, 3.8) is 0 Å². The Morgan fingerprint density at radius 3 is 2.44 bits per heavy atom. The van der Waals surface area contributed by atoms with Crippen LogP contribution in [-0.2, 0) is 6.42 Å². The van der Waals surface area contributed by atoms with Gasteiger partial charge in [-0.2, -0.15) is 0 Å². The molecule has 0 aliphatic heterocycles. The number of hydrogen-bond donors (Lipinski definition) is 0. The molecule has 0 aromatic heterocycles. The SMILES string of the molecule is C=C(CCc1ccccc1)C[C@H]1CC2CC3C4CCC4CC(C)C34C=C4C(CC(=C)N(C)C)C(=C1C)C2CC. The molecule has 1 spiro atoms. The van der Waals surface area contributed by atoms with Crippen molar-refractivity contribution in [1.29, 1.82) is 0 Å². The summed E-state index contributed by atoms with van der Waals surface area (Å²) in [6.07, 6.45) is 15.9. The first kappa shape index (κ1) is 27.2. The Labute approximate surface area is 239 Å². The summed E-state index contributed by atoms with van der Waals surface area (Å²) in [6.45, 7) is 16.8. The Morgan fingerprint density at radius 1 is 1.00 bits per heavy atom. The monoisotopic (exact) mass is 523 g/mol. The summed E-state index contributed by atoms with van der Waals surface area (Å²) in [6, 6.07) is 11.0. The number of hydrogen-bond acceptors (Lipinski definition) is 1. The molecule has 1 aromatic carbocycles. The molecule has 0 radical (unpaired) electrons. The third-order valence-electron chi connectivity index (χ3n) is 12.5. The van der Waals surface area contributed by atoms with E-state index in [4.69, 9.17) is 0 Å². The van der Waals surface area contributed by atoms with E-state index >= 15 is 0 Å². The first-order valence-electron chi connectivity index (χ1n) is 16.2. The highest BCUT2D eigenvalue weighted by Gasteiger charge is 2.65. The summed E-state index contributed by atoms with van der Waals surface area (Å²) in [5.41, 5.74) is 10.0. The van der Waals surface area contributed by atoms with Gasteiger partial charge < -0.3 is 4.90 Å². The second-order valence-electron chi connectivity index (χ2n) is 14.5. The van der Waals surface area contributed by atoms with Gasteiger partial charge in [0.25, 0.3) is 0 Å². The van der Waals surface area contributed by atoms with Crippen molar-refractivity contribution in [2.75, 3.05) is 14.1 Å². The third kappa shape index (κ3) is 4.61. The quantitative estimate of drug-likeness (QED) is 0.291. The van der Waals surface area contributed by atoms with Crippen molar-refractivity contribution in [3.05, 3.63) is 83.1 Å². The minimum atomic E-state index is 0.424. The van der Waals surface area contributed by atoms with Gasteiger partial charge in [-0.25, -0.2) is 0 Å². The van der Waals surface area contributed by atoms with Crippen LogP contribution in [0, 0.1) is 52.8 Å². The summed E-state index contributed by atoms with van der Waals surface area (Å²) in [5.74, 6) is 6.51. The number of nitrogens with zero attached hydrogens (tertiary/aromatic N) is 1. The average Bonchev–Trinajstić information content (AvgIpc) is 3.64. The smallest absolute Gasteiger partial charge is 0.0157 e. The minimum absolute atomic E-state index is 0.424. The van der Waals surface area contributed by atoms with Crippen LogP contribution in [0.4, 0.5) is 0 Å². The van der Waals surface area contributed by atoms with Gasteiger partial charge in [0.05, 0.1) is 0 Å². The van der Waals surface area contributed by atoms with Gasteiger partial charge in [-0.05, 0) is 118 Å². The molecule has 1 aromatic rings. The van der Waals surface area contributed by atoms with Crippen molar-refractivity contribution >= 4 is 0 Å². The maximum absolute atomic E-state index is 4.64. The molecule has 3 saturated carbocycles. The fourth-order valence-corrected chi connectivity index (χ4v) is 10.1. The van der Waals surface area contributed by atoms with E-state index in [1.54, 1.807) is 5.57 Å². The van der Waals surface area contributed by atoms with Crippen LogP contribution in [0.25, 0.3) is 0 Å². The standard InChI is InChI=1S/C38H53N/c1-8-32-31-21-30(18-24(2)14-15-28-12-10-9-11-13-28)27(5)37(32)34(20-26(4)39(6)7)36-23-38(36)25(3)19-29-16-17-33(29)35(38)22-31/h9-13,23,25,29-35H,2,4,8,14-22H2,1,3,5-7H3/t25?,29?,30-,31?,32?,33?,34?,35?,38?/m0/s1. The van der Waals surface area contributed by atoms with Crippen LogP contribution in [0.2, 0.25) is 0 Å². The lowest BCUT2D eigenvalue weighted by Gasteiger charge is -2.58. The Hall–Kier alpha value is -2.02. The molecule has 210 valence electrons. The predicted molar refractivity (Wildman–Crippen MR) is 166 cm³/mol. The van der Waals surface area contributed by atoms with Gasteiger partial charge in [-0.3, -0.25) is 0 Å². The molecule has 5 aliphatic rings. The van der Waals surface area contributed by atoms with E-state index in [2.05, 4.69) is 89.3 Å². The number of fused-ring (bicyclic) bond motifs is 4. The van der Waals surface area contributed by atoms with Crippen LogP contribution in [0.15, 0.2) is 77.6 Å². The second-order valence-corrected chi connectivity index (χ2v) is 14.5. The highest BCUT2D eigenvalue weighted by Crippen LogP contribution is 2.73. The number of benzene rings is 1. The fraction of sp³-hybridized carbons (Fsp3) is 0.632. The molecule has 0 heterocycles. The lowest BCUT2D eigenvalue weighted by Crippen LogP contribution is -2.50. The van der Waals surface area contributed by atoms with Crippen LogP contribution in [-0.4, -0.2) is 19.0 Å². The van der Waals surface area contributed by atoms with Gasteiger partial charge in [0, 0.05) is 31.1 Å². The highest BCUT2D eigenvalue weighted by molar-refractivity contribution is 5.51. The maximum atomic E-state index is 4.64. The van der Waals surface area contributed by atoms with Crippen LogP contribution >= 0.6 is 0 Å². The highest BCUT2D eigenvalue weighted by atomic mass is 15.1. The van der Waals surface area contributed by atoms with Gasteiger partial charge in [0.15, 0.2) is 0 Å². The maximum Gasteiger partial charge on any atom is 0.0157 e. The fourth-order valence-electron chi connectivity index (χ4n) is 10.1. The minimum Gasteiger partial charge on any atom is -0.381 e. The topological polar surface area (TPSA) is 3.24 Å². The predicted octanol–water partition coefficient (Wildman–Crippen LogP) is 9.64. The molecule has 9 atom stereocenters. The summed E-state index contributed by atoms with van der Waals surface area (Å²) in [5, 5.41) is 0. The first-order chi connectivity index (χ1) is 18.7. The van der Waals surface area contributed by atoms with E-state index in [1.807, 2.05) is 11.1 Å². The van der Waals surface area contributed by atoms with Crippen LogP contribution in [0.3, 0.4) is 0 Å². The zero-order valence-corrected chi connectivity index (χ0v) is 25.5. The van der Waals surface area contributed by atoms with Gasteiger partial charge in [0.1, 0.15) is 0 Å². The van der Waals surface area contributed by atoms with Gasteiger partial charge in [0.2, 0.25) is 0 Å². The summed E-state index contributed by atoms with van der Waals surface area (Å²) in [7, 11) is 4.38. The van der Waals surface area contributed by atoms with Crippen molar-refractivity contribution in [1.82, 2.24) is 4.90 Å². The molecule has 8 unspecified atom stereocenters. The Kier molecular flexibility index (Phi) is 7.26. The summed E-state index contributed by atoms with van der Waals surface area (Å²) >= 11 is 0. The summed E-state index contributed by atoms with van der Waals surface area (Å²) in [4.78, 5) is 2.28. The average molecular weight is 524 g/mol. The van der Waals surface area contributed by atoms with Crippen LogP contribution in [0.1, 0.15) is 84.1 Å². The van der Waals surface area contributed by atoms with Gasteiger partial charge in [-0.1, -0.05) is 85.7 Å². The molecular formula is C38H53N. The Bertz CT molecular complexity index is 1170. The molecule has 3 fully saturated rings. The Balaban J connectivity index is 1.33. The van der Waals surface area contributed by atoms with Gasteiger partial charge >= 0.3 is 0 Å². The zero-order chi connectivity index (χ0) is 27.5. The number of rotatable bonds is 9. The Morgan fingerprint density at radius 2 is 1.77 bits per heavy atom. The van der Waals surface area contributed by atoms with E-state index in [0.29, 0.717) is 17.3 Å². The molecule has 2 bridgehead atoms. The molecule has 1 nitrogen and oxygen atoms in total. The van der Waals surface area contributed by atoms with E-state index < -0.39 is 0 Å². The molecule has 0 saturated heterocycles. The summed E-state index contributed by atoms with van der Waals surface area (Å²) < 4.78 is 0. The zero-order valence-electron chi connectivity index (χ0n) is 25.5. The van der Waals surface area contributed by atoms with Crippen LogP contribution < -0.4 is 0 Å². The molecule has 0 N–H and O–H groups in total. The molecule has 1 heteroatoms. The van der Waals surface area contributed by atoms with Crippen molar-refractivity contribution < 1.29 is 0 Å². The van der Waals surface area contributed by atoms with E-state index in [-0.39, 0.29) is 0 Å². The number of aryl methyl sites for hydroxylation is 1. The normalized spacial score (nSPS) is 38.2.